The van der Waals surface area contributed by atoms with Gasteiger partial charge in [-0.25, -0.2) is 0 Å². The summed E-state index contributed by atoms with van der Waals surface area (Å²) in [5.41, 5.74) is 0.880. The van der Waals surface area contributed by atoms with Crippen LogP contribution < -0.4 is 0 Å². The molecule has 0 saturated carbocycles. The molecule has 0 aliphatic heterocycles. The van der Waals surface area contributed by atoms with Gasteiger partial charge in [0.15, 0.2) is 0 Å². The molecule has 0 bridgehead atoms. The van der Waals surface area contributed by atoms with Gasteiger partial charge in [0.1, 0.15) is 0 Å². The SMILES string of the molecule is CC(C)C(C(=O)O)c1ccccc1.Cl. The van der Waals surface area contributed by atoms with E-state index in [0.717, 1.165) is 5.56 Å². The van der Waals surface area contributed by atoms with Gasteiger partial charge in [0.05, 0.1) is 5.92 Å². The molecule has 1 aromatic carbocycles. The summed E-state index contributed by atoms with van der Waals surface area (Å²) in [7, 11) is 0. The molecule has 0 radical (unpaired) electrons. The molecular formula is C11H15ClO2. The average Bonchev–Trinajstić information content (AvgIpc) is 2.04. The van der Waals surface area contributed by atoms with E-state index in [9.17, 15) is 4.79 Å². The molecule has 1 rings (SSSR count). The Hall–Kier alpha value is -1.02. The Morgan fingerprint density at radius 2 is 1.71 bits per heavy atom. The summed E-state index contributed by atoms with van der Waals surface area (Å²) in [5.74, 6) is -1.01. The minimum absolute atomic E-state index is 0. The van der Waals surface area contributed by atoms with Crippen molar-refractivity contribution in [2.24, 2.45) is 5.92 Å². The number of aliphatic carboxylic acids is 1. The molecule has 0 amide bonds. The Morgan fingerprint density at radius 1 is 1.21 bits per heavy atom. The summed E-state index contributed by atoms with van der Waals surface area (Å²) in [5, 5.41) is 9.00. The second kappa shape index (κ2) is 5.66. The first-order chi connectivity index (χ1) is 6.13. The smallest absolute Gasteiger partial charge is 0.311 e. The molecule has 1 unspecified atom stereocenters. The molecule has 0 spiro atoms. The van der Waals surface area contributed by atoms with Crippen LogP contribution in [0.2, 0.25) is 0 Å². The largest absolute Gasteiger partial charge is 0.481 e. The van der Waals surface area contributed by atoms with E-state index in [0.29, 0.717) is 0 Å². The lowest BCUT2D eigenvalue weighted by Gasteiger charge is -2.15. The van der Waals surface area contributed by atoms with E-state index in [4.69, 9.17) is 5.11 Å². The fourth-order valence-corrected chi connectivity index (χ4v) is 1.47. The van der Waals surface area contributed by atoms with Gasteiger partial charge in [-0.3, -0.25) is 4.79 Å². The van der Waals surface area contributed by atoms with Crippen LogP contribution in [0.15, 0.2) is 30.3 Å². The summed E-state index contributed by atoms with van der Waals surface area (Å²) < 4.78 is 0. The molecule has 0 aromatic heterocycles. The molecule has 14 heavy (non-hydrogen) atoms. The Balaban J connectivity index is 0.00000169. The molecule has 2 nitrogen and oxygen atoms in total. The van der Waals surface area contributed by atoms with Crippen molar-refractivity contribution in [3.05, 3.63) is 35.9 Å². The van der Waals surface area contributed by atoms with Crippen molar-refractivity contribution in [3.8, 4) is 0 Å². The number of hydrogen-bond acceptors (Lipinski definition) is 1. The zero-order valence-electron chi connectivity index (χ0n) is 8.31. The summed E-state index contributed by atoms with van der Waals surface area (Å²) in [6.07, 6.45) is 0. The van der Waals surface area contributed by atoms with Crippen LogP contribution in [0.3, 0.4) is 0 Å². The lowest BCUT2D eigenvalue weighted by Crippen LogP contribution is -2.17. The minimum atomic E-state index is -0.749. The first-order valence-electron chi connectivity index (χ1n) is 4.40. The molecule has 0 heterocycles. The maximum absolute atomic E-state index is 10.9. The highest BCUT2D eigenvalue weighted by Gasteiger charge is 2.22. The minimum Gasteiger partial charge on any atom is -0.481 e. The summed E-state index contributed by atoms with van der Waals surface area (Å²) in [6, 6.07) is 9.35. The van der Waals surface area contributed by atoms with Crippen molar-refractivity contribution in [1.82, 2.24) is 0 Å². The molecule has 0 aliphatic rings. The second-order valence-electron chi connectivity index (χ2n) is 3.47. The van der Waals surface area contributed by atoms with Gasteiger partial charge in [-0.05, 0) is 11.5 Å². The van der Waals surface area contributed by atoms with Crippen LogP contribution in [0.1, 0.15) is 25.3 Å². The predicted molar refractivity (Wildman–Crippen MR) is 58.9 cm³/mol. The lowest BCUT2D eigenvalue weighted by molar-refractivity contribution is -0.139. The number of halogens is 1. The lowest BCUT2D eigenvalue weighted by atomic mass is 9.89. The Labute approximate surface area is 90.4 Å². The van der Waals surface area contributed by atoms with Gasteiger partial charge >= 0.3 is 5.97 Å². The highest BCUT2D eigenvalue weighted by Crippen LogP contribution is 2.23. The number of hydrogen-bond donors (Lipinski definition) is 1. The average molecular weight is 215 g/mol. The molecule has 0 aliphatic carbocycles. The number of carboxylic acid groups (broad SMARTS) is 1. The van der Waals surface area contributed by atoms with E-state index >= 15 is 0 Å². The van der Waals surface area contributed by atoms with Crippen LogP contribution in [0.5, 0.6) is 0 Å². The van der Waals surface area contributed by atoms with Crippen LogP contribution in [0, 0.1) is 5.92 Å². The van der Waals surface area contributed by atoms with Gasteiger partial charge in [-0.15, -0.1) is 12.4 Å². The van der Waals surface area contributed by atoms with E-state index < -0.39 is 5.97 Å². The van der Waals surface area contributed by atoms with Crippen LogP contribution in [-0.2, 0) is 4.79 Å². The maximum Gasteiger partial charge on any atom is 0.311 e. The Morgan fingerprint density at radius 3 is 2.07 bits per heavy atom. The molecule has 78 valence electrons. The van der Waals surface area contributed by atoms with Gasteiger partial charge < -0.3 is 5.11 Å². The van der Waals surface area contributed by atoms with Crippen LogP contribution >= 0.6 is 12.4 Å². The monoisotopic (exact) mass is 214 g/mol. The Kier molecular flexibility index (Phi) is 5.24. The van der Waals surface area contributed by atoms with Gasteiger partial charge in [0.2, 0.25) is 0 Å². The van der Waals surface area contributed by atoms with Crippen LogP contribution in [0.4, 0.5) is 0 Å². The zero-order chi connectivity index (χ0) is 9.84. The number of carbonyl (C=O) groups is 1. The van der Waals surface area contributed by atoms with Crippen molar-refractivity contribution in [2.75, 3.05) is 0 Å². The highest BCUT2D eigenvalue weighted by atomic mass is 35.5. The normalized spacial score (nSPS) is 11.9. The van der Waals surface area contributed by atoms with Gasteiger partial charge in [-0.1, -0.05) is 44.2 Å². The summed E-state index contributed by atoms with van der Waals surface area (Å²) in [6.45, 7) is 3.84. The number of carboxylic acids is 1. The molecule has 3 heteroatoms. The van der Waals surface area contributed by atoms with Gasteiger partial charge in [0, 0.05) is 0 Å². The molecule has 0 saturated heterocycles. The Bertz CT molecular complexity index is 283. The van der Waals surface area contributed by atoms with Gasteiger partial charge in [0.25, 0.3) is 0 Å². The van der Waals surface area contributed by atoms with E-state index in [2.05, 4.69) is 0 Å². The quantitative estimate of drug-likeness (QED) is 0.840. The third-order valence-electron chi connectivity index (χ3n) is 2.09. The first-order valence-corrected chi connectivity index (χ1v) is 4.40. The molecular weight excluding hydrogens is 200 g/mol. The first kappa shape index (κ1) is 13.0. The zero-order valence-corrected chi connectivity index (χ0v) is 9.12. The van der Waals surface area contributed by atoms with E-state index in [1.807, 2.05) is 44.2 Å². The van der Waals surface area contributed by atoms with Crippen molar-refractivity contribution < 1.29 is 9.90 Å². The van der Waals surface area contributed by atoms with Crippen molar-refractivity contribution in [1.29, 1.82) is 0 Å². The standard InChI is InChI=1S/C11H14O2.ClH/c1-8(2)10(11(12)13)9-6-4-3-5-7-9;/h3-8,10H,1-2H3,(H,12,13);1H. The molecule has 1 atom stereocenters. The predicted octanol–water partition coefficient (Wildman–Crippen LogP) is 2.93. The van der Waals surface area contributed by atoms with Gasteiger partial charge in [-0.2, -0.15) is 0 Å². The summed E-state index contributed by atoms with van der Waals surface area (Å²) >= 11 is 0. The van der Waals surface area contributed by atoms with E-state index in [1.165, 1.54) is 0 Å². The summed E-state index contributed by atoms with van der Waals surface area (Å²) in [4.78, 5) is 10.9. The van der Waals surface area contributed by atoms with Crippen molar-refractivity contribution in [3.63, 3.8) is 0 Å². The third kappa shape index (κ3) is 3.04. The second-order valence-corrected chi connectivity index (χ2v) is 3.47. The molecule has 1 N–H and O–H groups in total. The third-order valence-corrected chi connectivity index (χ3v) is 2.09. The molecule has 0 fully saturated rings. The molecule has 1 aromatic rings. The highest BCUT2D eigenvalue weighted by molar-refractivity contribution is 5.85. The fraction of sp³-hybridized carbons (Fsp3) is 0.364. The number of rotatable bonds is 3. The van der Waals surface area contributed by atoms with Crippen LogP contribution in [-0.4, -0.2) is 11.1 Å². The number of benzene rings is 1. The van der Waals surface area contributed by atoms with E-state index in [1.54, 1.807) is 0 Å². The van der Waals surface area contributed by atoms with Crippen LogP contribution in [0.25, 0.3) is 0 Å². The van der Waals surface area contributed by atoms with Crippen molar-refractivity contribution >= 4 is 18.4 Å². The van der Waals surface area contributed by atoms with Crippen molar-refractivity contribution in [2.45, 2.75) is 19.8 Å². The fourth-order valence-electron chi connectivity index (χ4n) is 1.47. The topological polar surface area (TPSA) is 37.3 Å². The van der Waals surface area contributed by atoms with E-state index in [-0.39, 0.29) is 24.2 Å². The maximum atomic E-state index is 10.9.